The van der Waals surface area contributed by atoms with E-state index in [4.69, 9.17) is 0 Å². The molecule has 0 spiro atoms. The van der Waals surface area contributed by atoms with Gasteiger partial charge in [0.15, 0.2) is 0 Å². The van der Waals surface area contributed by atoms with Crippen molar-refractivity contribution in [3.8, 4) is 0 Å². The van der Waals surface area contributed by atoms with Crippen LogP contribution in [-0.4, -0.2) is 60.3 Å². The van der Waals surface area contributed by atoms with Gasteiger partial charge in [-0.25, -0.2) is 0 Å². The maximum absolute atomic E-state index is 9.75. The minimum Gasteiger partial charge on any atom is -0.393 e. The van der Waals surface area contributed by atoms with Crippen LogP contribution in [0.5, 0.6) is 0 Å². The third kappa shape index (κ3) is 3.94. The molecular weight excluding hydrogens is 212 g/mol. The minimum absolute atomic E-state index is 0.0126. The lowest BCUT2D eigenvalue weighted by atomic mass is 9.86. The minimum atomic E-state index is -0.230. The highest BCUT2D eigenvalue weighted by molar-refractivity contribution is 4.84. The van der Waals surface area contributed by atoms with E-state index in [1.165, 1.54) is 45.6 Å². The van der Waals surface area contributed by atoms with Crippen molar-refractivity contribution in [3.63, 3.8) is 0 Å². The number of hydrogen-bond acceptors (Lipinski definition) is 3. The van der Waals surface area contributed by atoms with Gasteiger partial charge < -0.3 is 14.9 Å². The first kappa shape index (κ1) is 13.3. The first-order chi connectivity index (χ1) is 7.97. The van der Waals surface area contributed by atoms with Crippen molar-refractivity contribution in [3.05, 3.63) is 0 Å². The molecule has 0 amide bonds. The van der Waals surface area contributed by atoms with E-state index in [0.29, 0.717) is 0 Å². The molecule has 0 aromatic rings. The maximum atomic E-state index is 9.75. The van der Waals surface area contributed by atoms with E-state index < -0.39 is 0 Å². The highest BCUT2D eigenvalue weighted by Crippen LogP contribution is 2.30. The second kappa shape index (κ2) is 5.25. The van der Waals surface area contributed by atoms with Gasteiger partial charge in [-0.3, -0.25) is 0 Å². The Labute approximate surface area is 106 Å². The standard InChI is InChI=1S/C14H28N2O/c1-12(17)14(2,3)11-16-8-6-15(7-9-16)10-13-4-5-13/h12-13,17H,4-11H2,1-3H3. The lowest BCUT2D eigenvalue weighted by Crippen LogP contribution is -2.50. The highest BCUT2D eigenvalue weighted by atomic mass is 16.3. The summed E-state index contributed by atoms with van der Waals surface area (Å²) >= 11 is 0. The van der Waals surface area contributed by atoms with Gasteiger partial charge >= 0.3 is 0 Å². The molecule has 0 radical (unpaired) electrons. The van der Waals surface area contributed by atoms with E-state index in [0.717, 1.165) is 12.5 Å². The summed E-state index contributed by atoms with van der Waals surface area (Å²) in [4.78, 5) is 5.12. The first-order valence-electron chi connectivity index (χ1n) is 7.10. The van der Waals surface area contributed by atoms with Crippen LogP contribution in [0.2, 0.25) is 0 Å². The fraction of sp³-hybridized carbons (Fsp3) is 1.00. The first-order valence-corrected chi connectivity index (χ1v) is 7.10. The van der Waals surface area contributed by atoms with Crippen molar-refractivity contribution < 1.29 is 5.11 Å². The molecule has 0 aromatic carbocycles. The fourth-order valence-electron chi connectivity index (χ4n) is 2.50. The van der Waals surface area contributed by atoms with Gasteiger partial charge in [0.2, 0.25) is 0 Å². The zero-order valence-corrected chi connectivity index (χ0v) is 11.7. The molecule has 0 aromatic heterocycles. The highest BCUT2D eigenvalue weighted by Gasteiger charge is 2.30. The van der Waals surface area contributed by atoms with Gasteiger partial charge in [-0.2, -0.15) is 0 Å². The second-order valence-electron chi connectivity index (χ2n) is 6.68. The summed E-state index contributed by atoms with van der Waals surface area (Å²) in [6.07, 6.45) is 2.68. The molecule has 2 fully saturated rings. The van der Waals surface area contributed by atoms with Crippen molar-refractivity contribution >= 4 is 0 Å². The average molecular weight is 240 g/mol. The third-order valence-electron chi connectivity index (χ3n) is 4.44. The van der Waals surface area contributed by atoms with Gasteiger partial charge in [0.25, 0.3) is 0 Å². The molecule has 100 valence electrons. The molecule has 3 nitrogen and oxygen atoms in total. The van der Waals surface area contributed by atoms with Crippen LogP contribution in [-0.2, 0) is 0 Å². The Morgan fingerprint density at radius 3 is 2.12 bits per heavy atom. The zero-order valence-electron chi connectivity index (χ0n) is 11.7. The van der Waals surface area contributed by atoms with Crippen molar-refractivity contribution in [2.45, 2.75) is 39.7 Å². The largest absolute Gasteiger partial charge is 0.393 e. The quantitative estimate of drug-likeness (QED) is 0.787. The second-order valence-corrected chi connectivity index (χ2v) is 6.68. The molecule has 3 heteroatoms. The fourth-order valence-corrected chi connectivity index (χ4v) is 2.50. The molecule has 1 aliphatic heterocycles. The van der Waals surface area contributed by atoms with Gasteiger partial charge in [-0.05, 0) is 25.7 Å². The molecule has 1 aliphatic carbocycles. The van der Waals surface area contributed by atoms with Crippen molar-refractivity contribution in [1.82, 2.24) is 9.80 Å². The van der Waals surface area contributed by atoms with Crippen LogP contribution in [0.3, 0.4) is 0 Å². The number of hydrogen-bond donors (Lipinski definition) is 1. The van der Waals surface area contributed by atoms with E-state index >= 15 is 0 Å². The predicted molar refractivity (Wildman–Crippen MR) is 71.1 cm³/mol. The number of aliphatic hydroxyl groups is 1. The molecule has 1 atom stereocenters. The van der Waals surface area contributed by atoms with Gasteiger partial charge in [0.1, 0.15) is 0 Å². The van der Waals surface area contributed by atoms with Crippen LogP contribution in [0.4, 0.5) is 0 Å². The normalized spacial score (nSPS) is 26.1. The summed E-state index contributed by atoms with van der Waals surface area (Å²) in [5, 5.41) is 9.75. The molecule has 0 bridgehead atoms. The monoisotopic (exact) mass is 240 g/mol. The molecular formula is C14H28N2O. The van der Waals surface area contributed by atoms with Crippen LogP contribution >= 0.6 is 0 Å². The zero-order chi connectivity index (χ0) is 12.5. The molecule has 1 unspecified atom stereocenters. The summed E-state index contributed by atoms with van der Waals surface area (Å²) in [6.45, 7) is 13.3. The Kier molecular flexibility index (Phi) is 4.11. The number of aliphatic hydroxyl groups excluding tert-OH is 1. The van der Waals surface area contributed by atoms with E-state index in [-0.39, 0.29) is 11.5 Å². The van der Waals surface area contributed by atoms with Crippen molar-refractivity contribution in [2.75, 3.05) is 39.3 Å². The maximum Gasteiger partial charge on any atom is 0.0575 e. The molecule has 17 heavy (non-hydrogen) atoms. The van der Waals surface area contributed by atoms with Crippen LogP contribution in [0.15, 0.2) is 0 Å². The van der Waals surface area contributed by atoms with Crippen molar-refractivity contribution in [2.24, 2.45) is 11.3 Å². The Morgan fingerprint density at radius 2 is 1.65 bits per heavy atom. The van der Waals surface area contributed by atoms with Crippen LogP contribution in [0.25, 0.3) is 0 Å². The Hall–Kier alpha value is -0.120. The summed E-state index contributed by atoms with van der Waals surface area (Å²) in [6, 6.07) is 0. The predicted octanol–water partition coefficient (Wildman–Crippen LogP) is 1.42. The van der Waals surface area contributed by atoms with Gasteiger partial charge in [-0.15, -0.1) is 0 Å². The van der Waals surface area contributed by atoms with E-state index in [1.54, 1.807) is 0 Å². The van der Waals surface area contributed by atoms with Crippen LogP contribution in [0, 0.1) is 11.3 Å². The van der Waals surface area contributed by atoms with E-state index in [9.17, 15) is 5.11 Å². The smallest absolute Gasteiger partial charge is 0.0575 e. The average Bonchev–Trinajstić information content (AvgIpc) is 3.04. The lowest BCUT2D eigenvalue weighted by molar-refractivity contribution is 0.0187. The summed E-state index contributed by atoms with van der Waals surface area (Å²) < 4.78 is 0. The molecule has 1 heterocycles. The van der Waals surface area contributed by atoms with Crippen molar-refractivity contribution in [1.29, 1.82) is 0 Å². The lowest BCUT2D eigenvalue weighted by Gasteiger charge is -2.40. The Morgan fingerprint density at radius 1 is 1.12 bits per heavy atom. The number of rotatable bonds is 5. The van der Waals surface area contributed by atoms with Gasteiger partial charge in [-0.1, -0.05) is 13.8 Å². The Bertz CT molecular complexity index is 241. The van der Waals surface area contributed by atoms with Gasteiger partial charge in [0, 0.05) is 44.7 Å². The van der Waals surface area contributed by atoms with Crippen LogP contribution < -0.4 is 0 Å². The molecule has 2 aliphatic rings. The number of piperazine rings is 1. The third-order valence-corrected chi connectivity index (χ3v) is 4.44. The summed E-state index contributed by atoms with van der Waals surface area (Å²) in [5.74, 6) is 1.01. The molecule has 1 N–H and O–H groups in total. The molecule has 2 rings (SSSR count). The van der Waals surface area contributed by atoms with E-state index in [2.05, 4.69) is 23.6 Å². The number of nitrogens with zero attached hydrogens (tertiary/aromatic N) is 2. The Balaban J connectivity index is 1.70. The summed E-state index contributed by atoms with van der Waals surface area (Å²) in [7, 11) is 0. The van der Waals surface area contributed by atoms with Crippen LogP contribution in [0.1, 0.15) is 33.6 Å². The molecule has 1 saturated carbocycles. The SMILES string of the molecule is CC(O)C(C)(C)CN1CCN(CC2CC2)CC1. The molecule has 1 saturated heterocycles. The van der Waals surface area contributed by atoms with E-state index in [1.807, 2.05) is 6.92 Å². The topological polar surface area (TPSA) is 26.7 Å². The summed E-state index contributed by atoms with van der Waals surface area (Å²) in [5.41, 5.74) is 0.0126. The van der Waals surface area contributed by atoms with Gasteiger partial charge in [0.05, 0.1) is 6.10 Å².